The van der Waals surface area contributed by atoms with E-state index < -0.39 is 0 Å². The van der Waals surface area contributed by atoms with Gasteiger partial charge in [0.25, 0.3) is 0 Å². The van der Waals surface area contributed by atoms with Crippen LogP contribution in [0, 0.1) is 0 Å². The van der Waals surface area contributed by atoms with Gasteiger partial charge in [-0.05, 0) is 39.0 Å². The molecule has 2 aliphatic heterocycles. The standard InChI is InChI=1S/C15H21N5O2.C5H11N/c1-19-4-6-20(7-5-19)15-17-11-9-13(22-3)12(21-2)8-10(11)14(16)18-15;1-2-4-6-5-3-1/h8-9H,4-7H2,1-3H3,(H2,16,17,18);6H,1-5H2. The summed E-state index contributed by atoms with van der Waals surface area (Å²) in [5.41, 5.74) is 6.88. The fourth-order valence-corrected chi connectivity index (χ4v) is 3.42. The van der Waals surface area contributed by atoms with Gasteiger partial charge in [0.05, 0.1) is 19.7 Å². The molecule has 0 unspecified atom stereocenters. The second-order valence-electron chi connectivity index (χ2n) is 7.23. The molecule has 28 heavy (non-hydrogen) atoms. The van der Waals surface area contributed by atoms with E-state index in [1.54, 1.807) is 14.2 Å². The lowest BCUT2D eigenvalue weighted by Gasteiger charge is -2.32. The van der Waals surface area contributed by atoms with Gasteiger partial charge in [0.2, 0.25) is 5.95 Å². The molecule has 0 bridgehead atoms. The van der Waals surface area contributed by atoms with E-state index in [2.05, 4.69) is 32.1 Å². The number of benzene rings is 1. The molecule has 1 aromatic carbocycles. The van der Waals surface area contributed by atoms with Crippen LogP contribution < -0.4 is 25.4 Å². The van der Waals surface area contributed by atoms with Crippen molar-refractivity contribution in [2.75, 3.05) is 71.2 Å². The highest BCUT2D eigenvalue weighted by Crippen LogP contribution is 2.34. The van der Waals surface area contributed by atoms with Crippen molar-refractivity contribution < 1.29 is 9.47 Å². The number of piperidine rings is 1. The van der Waals surface area contributed by atoms with E-state index in [-0.39, 0.29) is 0 Å². The molecule has 2 saturated heterocycles. The van der Waals surface area contributed by atoms with Gasteiger partial charge in [-0.25, -0.2) is 4.98 Å². The Labute approximate surface area is 167 Å². The number of hydrogen-bond donors (Lipinski definition) is 2. The molecule has 2 aliphatic rings. The zero-order chi connectivity index (χ0) is 19.9. The first-order valence-electron chi connectivity index (χ1n) is 9.96. The predicted octanol–water partition coefficient (Wildman–Crippen LogP) is 1.74. The summed E-state index contributed by atoms with van der Waals surface area (Å²) in [6.45, 7) is 6.28. The predicted molar refractivity (Wildman–Crippen MR) is 113 cm³/mol. The molecule has 8 heteroatoms. The third-order valence-corrected chi connectivity index (χ3v) is 5.21. The number of fused-ring (bicyclic) bond motifs is 1. The lowest BCUT2D eigenvalue weighted by Crippen LogP contribution is -2.45. The summed E-state index contributed by atoms with van der Waals surface area (Å²) < 4.78 is 10.6. The number of hydrogen-bond acceptors (Lipinski definition) is 8. The highest BCUT2D eigenvalue weighted by atomic mass is 16.5. The molecule has 0 amide bonds. The zero-order valence-corrected chi connectivity index (χ0v) is 17.2. The van der Waals surface area contributed by atoms with E-state index in [1.807, 2.05) is 12.1 Å². The van der Waals surface area contributed by atoms with Crippen molar-refractivity contribution in [2.45, 2.75) is 19.3 Å². The molecule has 2 aromatic rings. The van der Waals surface area contributed by atoms with E-state index >= 15 is 0 Å². The first kappa shape index (κ1) is 20.4. The Morgan fingerprint density at radius 1 is 0.929 bits per heavy atom. The number of nitrogens with one attached hydrogen (secondary N) is 1. The maximum Gasteiger partial charge on any atom is 0.227 e. The van der Waals surface area contributed by atoms with Crippen LogP contribution in [0.25, 0.3) is 10.9 Å². The van der Waals surface area contributed by atoms with E-state index in [0.717, 1.165) is 37.1 Å². The number of likely N-dealkylation sites (N-methyl/N-ethyl adjacent to an activating group) is 1. The van der Waals surface area contributed by atoms with Crippen LogP contribution in [-0.4, -0.2) is 75.4 Å². The second kappa shape index (κ2) is 9.75. The summed E-state index contributed by atoms with van der Waals surface area (Å²) in [5, 5.41) is 4.06. The molecule has 3 heterocycles. The monoisotopic (exact) mass is 388 g/mol. The van der Waals surface area contributed by atoms with Crippen LogP contribution in [0.5, 0.6) is 11.5 Å². The van der Waals surface area contributed by atoms with Crippen LogP contribution in [0.2, 0.25) is 0 Å². The van der Waals surface area contributed by atoms with Gasteiger partial charge in [-0.2, -0.15) is 4.98 Å². The maximum absolute atomic E-state index is 6.12. The number of anilines is 2. The van der Waals surface area contributed by atoms with Crippen LogP contribution in [0.15, 0.2) is 12.1 Å². The maximum atomic E-state index is 6.12. The van der Waals surface area contributed by atoms with E-state index in [0.29, 0.717) is 23.3 Å². The van der Waals surface area contributed by atoms with Crippen LogP contribution in [-0.2, 0) is 0 Å². The van der Waals surface area contributed by atoms with Gasteiger partial charge in [-0.1, -0.05) is 6.42 Å². The normalized spacial score (nSPS) is 17.8. The Bertz CT molecular complexity index is 761. The van der Waals surface area contributed by atoms with Crippen molar-refractivity contribution in [1.29, 1.82) is 0 Å². The number of piperazine rings is 1. The van der Waals surface area contributed by atoms with Crippen LogP contribution in [0.3, 0.4) is 0 Å². The quantitative estimate of drug-likeness (QED) is 0.822. The molecule has 0 spiro atoms. The van der Waals surface area contributed by atoms with Crippen molar-refractivity contribution in [3.8, 4) is 11.5 Å². The fraction of sp³-hybridized carbons (Fsp3) is 0.600. The second-order valence-corrected chi connectivity index (χ2v) is 7.23. The molecule has 0 radical (unpaired) electrons. The number of ether oxygens (including phenoxy) is 2. The van der Waals surface area contributed by atoms with E-state index in [9.17, 15) is 0 Å². The Balaban J connectivity index is 0.000000320. The summed E-state index contributed by atoms with van der Waals surface area (Å²) >= 11 is 0. The Hall–Kier alpha value is -2.32. The molecule has 0 atom stereocenters. The average Bonchev–Trinajstić information content (AvgIpc) is 2.75. The lowest BCUT2D eigenvalue weighted by molar-refractivity contribution is 0.311. The van der Waals surface area contributed by atoms with Crippen molar-refractivity contribution in [3.05, 3.63) is 12.1 Å². The smallest absolute Gasteiger partial charge is 0.227 e. The highest BCUT2D eigenvalue weighted by Gasteiger charge is 2.19. The minimum atomic E-state index is 0.458. The van der Waals surface area contributed by atoms with Gasteiger partial charge < -0.3 is 30.3 Å². The van der Waals surface area contributed by atoms with Crippen LogP contribution in [0.4, 0.5) is 11.8 Å². The summed E-state index contributed by atoms with van der Waals surface area (Å²) in [6, 6.07) is 3.66. The third kappa shape index (κ3) is 4.94. The topological polar surface area (TPSA) is 88.8 Å². The molecular formula is C20H32N6O2. The SMILES string of the molecule is C1CCNCC1.COc1cc2nc(N3CCN(C)CC3)nc(N)c2cc1OC. The molecular weight excluding hydrogens is 356 g/mol. The molecule has 2 fully saturated rings. The Kier molecular flexibility index (Phi) is 7.11. The average molecular weight is 389 g/mol. The first-order chi connectivity index (χ1) is 13.6. The summed E-state index contributed by atoms with van der Waals surface area (Å²) in [5.74, 6) is 2.39. The minimum Gasteiger partial charge on any atom is -0.493 e. The molecule has 1 aromatic heterocycles. The lowest BCUT2D eigenvalue weighted by atomic mass is 10.2. The zero-order valence-electron chi connectivity index (χ0n) is 17.2. The van der Waals surface area contributed by atoms with Crippen molar-refractivity contribution in [2.24, 2.45) is 0 Å². The van der Waals surface area contributed by atoms with Crippen molar-refractivity contribution in [3.63, 3.8) is 0 Å². The summed E-state index contributed by atoms with van der Waals surface area (Å²) in [7, 11) is 5.32. The van der Waals surface area contributed by atoms with Gasteiger partial charge in [-0.15, -0.1) is 0 Å². The van der Waals surface area contributed by atoms with Crippen LogP contribution >= 0.6 is 0 Å². The Morgan fingerprint density at radius 2 is 1.57 bits per heavy atom. The van der Waals surface area contributed by atoms with Gasteiger partial charge in [-0.3, -0.25) is 0 Å². The molecule has 8 nitrogen and oxygen atoms in total. The number of nitrogens with zero attached hydrogens (tertiary/aromatic N) is 4. The fourth-order valence-electron chi connectivity index (χ4n) is 3.42. The molecule has 4 rings (SSSR count). The largest absolute Gasteiger partial charge is 0.493 e. The van der Waals surface area contributed by atoms with Gasteiger partial charge in [0.1, 0.15) is 5.82 Å². The summed E-state index contributed by atoms with van der Waals surface area (Å²) in [4.78, 5) is 13.6. The number of methoxy groups -OCH3 is 2. The molecule has 3 N–H and O–H groups in total. The third-order valence-electron chi connectivity index (χ3n) is 5.21. The van der Waals surface area contributed by atoms with Gasteiger partial charge in [0, 0.05) is 37.6 Å². The Morgan fingerprint density at radius 3 is 2.11 bits per heavy atom. The number of nitrogens with two attached hydrogens (primary N) is 1. The highest BCUT2D eigenvalue weighted by molar-refractivity contribution is 5.91. The van der Waals surface area contributed by atoms with E-state index in [1.165, 1.54) is 32.4 Å². The number of rotatable bonds is 3. The van der Waals surface area contributed by atoms with E-state index in [4.69, 9.17) is 15.2 Å². The van der Waals surface area contributed by atoms with Gasteiger partial charge >= 0.3 is 0 Å². The minimum absolute atomic E-state index is 0.458. The molecule has 0 saturated carbocycles. The number of nitrogen functional groups attached to an aromatic ring is 1. The first-order valence-corrected chi connectivity index (χ1v) is 9.96. The number of aromatic nitrogens is 2. The van der Waals surface area contributed by atoms with Crippen molar-refractivity contribution in [1.82, 2.24) is 20.2 Å². The van der Waals surface area contributed by atoms with Gasteiger partial charge in [0.15, 0.2) is 11.5 Å². The summed E-state index contributed by atoms with van der Waals surface area (Å²) in [6.07, 6.45) is 4.22. The van der Waals surface area contributed by atoms with Crippen LogP contribution in [0.1, 0.15) is 19.3 Å². The van der Waals surface area contributed by atoms with Crippen molar-refractivity contribution >= 4 is 22.7 Å². The molecule has 154 valence electrons. The molecule has 0 aliphatic carbocycles.